The maximum atomic E-state index is 12.1. The van der Waals surface area contributed by atoms with Crippen molar-refractivity contribution in [3.05, 3.63) is 57.4 Å². The molecule has 27 heavy (non-hydrogen) atoms. The number of pyridine rings is 1. The second-order valence-electron chi connectivity index (χ2n) is 6.07. The topological polar surface area (TPSA) is 97.4 Å². The van der Waals surface area contributed by atoms with Crippen LogP contribution < -0.4 is 10.6 Å². The van der Waals surface area contributed by atoms with Crippen LogP contribution in [0.15, 0.2) is 24.3 Å². The molecular formula is C19H20ClN3O4. The number of urea groups is 1. The fraction of sp³-hybridized carbons (Fsp3) is 0.263. The van der Waals surface area contributed by atoms with Crippen molar-refractivity contribution in [3.8, 4) is 0 Å². The number of amides is 3. The van der Waals surface area contributed by atoms with Crippen molar-refractivity contribution in [2.45, 2.75) is 27.7 Å². The van der Waals surface area contributed by atoms with E-state index in [1.54, 1.807) is 32.0 Å². The highest BCUT2D eigenvalue weighted by Crippen LogP contribution is 2.20. The second-order valence-corrected chi connectivity index (χ2v) is 6.43. The molecule has 0 bridgehead atoms. The van der Waals surface area contributed by atoms with E-state index in [1.165, 1.54) is 0 Å². The van der Waals surface area contributed by atoms with Gasteiger partial charge in [-0.2, -0.15) is 0 Å². The van der Waals surface area contributed by atoms with Gasteiger partial charge in [-0.1, -0.05) is 23.7 Å². The Labute approximate surface area is 162 Å². The zero-order chi connectivity index (χ0) is 20.1. The third-order valence-electron chi connectivity index (χ3n) is 3.94. The molecular weight excluding hydrogens is 370 g/mol. The Bertz CT molecular complexity index is 889. The minimum atomic E-state index is -0.782. The van der Waals surface area contributed by atoms with Crippen molar-refractivity contribution in [3.63, 3.8) is 0 Å². The Morgan fingerprint density at radius 1 is 1.11 bits per heavy atom. The number of aryl methyl sites for hydroxylation is 3. The maximum absolute atomic E-state index is 12.1. The molecule has 1 aromatic heterocycles. The van der Waals surface area contributed by atoms with E-state index in [9.17, 15) is 14.4 Å². The third-order valence-corrected chi connectivity index (χ3v) is 4.22. The quantitative estimate of drug-likeness (QED) is 0.616. The number of carbonyl (C=O) groups is 3. The number of ether oxygens (including phenoxy) is 1. The largest absolute Gasteiger partial charge is 0.452 e. The predicted octanol–water partition coefficient (Wildman–Crippen LogP) is 3.47. The molecule has 0 aliphatic rings. The number of aromatic nitrogens is 1. The molecule has 0 radical (unpaired) electrons. The monoisotopic (exact) mass is 389 g/mol. The van der Waals surface area contributed by atoms with Crippen LogP contribution in [0.1, 0.15) is 32.7 Å². The summed E-state index contributed by atoms with van der Waals surface area (Å²) in [6.45, 7) is 6.58. The number of nitrogens with one attached hydrogen (secondary N) is 2. The highest BCUT2D eigenvalue weighted by atomic mass is 35.5. The van der Waals surface area contributed by atoms with Gasteiger partial charge in [0, 0.05) is 11.4 Å². The van der Waals surface area contributed by atoms with E-state index in [2.05, 4.69) is 15.6 Å². The molecule has 0 unspecified atom stereocenters. The number of hydrogen-bond acceptors (Lipinski definition) is 5. The summed E-state index contributed by atoms with van der Waals surface area (Å²) in [7, 11) is 0. The minimum Gasteiger partial charge on any atom is -0.452 e. The summed E-state index contributed by atoms with van der Waals surface area (Å²) in [5.41, 5.74) is 3.83. The van der Waals surface area contributed by atoms with Gasteiger partial charge in [0.05, 0.1) is 5.56 Å². The van der Waals surface area contributed by atoms with E-state index in [-0.39, 0.29) is 10.7 Å². The number of esters is 1. The van der Waals surface area contributed by atoms with Gasteiger partial charge in [0.25, 0.3) is 5.91 Å². The lowest BCUT2D eigenvalue weighted by Gasteiger charge is -2.11. The summed E-state index contributed by atoms with van der Waals surface area (Å²) in [4.78, 5) is 39.9. The van der Waals surface area contributed by atoms with Gasteiger partial charge in [0.15, 0.2) is 6.61 Å². The second kappa shape index (κ2) is 8.64. The summed E-state index contributed by atoms with van der Waals surface area (Å²) in [6, 6.07) is 6.40. The molecule has 0 spiro atoms. The van der Waals surface area contributed by atoms with Crippen molar-refractivity contribution < 1.29 is 19.1 Å². The summed E-state index contributed by atoms with van der Waals surface area (Å²) >= 11 is 5.97. The highest BCUT2D eigenvalue weighted by Gasteiger charge is 2.19. The van der Waals surface area contributed by atoms with E-state index in [0.29, 0.717) is 16.9 Å². The smallest absolute Gasteiger partial charge is 0.342 e. The number of imide groups is 1. The molecule has 2 rings (SSSR count). The van der Waals surface area contributed by atoms with Crippen molar-refractivity contribution in [1.29, 1.82) is 0 Å². The van der Waals surface area contributed by atoms with Gasteiger partial charge in [-0.15, -0.1) is 0 Å². The van der Waals surface area contributed by atoms with E-state index >= 15 is 0 Å². The zero-order valence-electron chi connectivity index (χ0n) is 15.5. The van der Waals surface area contributed by atoms with Crippen molar-refractivity contribution >= 4 is 35.2 Å². The Hall–Kier alpha value is -2.93. The maximum Gasteiger partial charge on any atom is 0.342 e. The first-order valence-corrected chi connectivity index (χ1v) is 8.54. The number of carbonyl (C=O) groups excluding carboxylic acids is 3. The predicted molar refractivity (Wildman–Crippen MR) is 102 cm³/mol. The van der Waals surface area contributed by atoms with Gasteiger partial charge in [-0.05, 0) is 56.5 Å². The summed E-state index contributed by atoms with van der Waals surface area (Å²) < 4.78 is 4.93. The first-order chi connectivity index (χ1) is 12.7. The number of nitrogens with zero attached hydrogens (tertiary/aromatic N) is 1. The fourth-order valence-corrected chi connectivity index (χ4v) is 2.80. The molecule has 0 atom stereocenters. The molecule has 0 aliphatic carbocycles. The number of benzene rings is 1. The third kappa shape index (κ3) is 5.27. The molecule has 7 nitrogen and oxygen atoms in total. The molecule has 0 saturated carbocycles. The summed E-state index contributed by atoms with van der Waals surface area (Å²) in [6.07, 6.45) is 0. The lowest BCUT2D eigenvalue weighted by atomic mass is 10.1. The van der Waals surface area contributed by atoms with Crippen LogP contribution in [0, 0.1) is 27.7 Å². The van der Waals surface area contributed by atoms with Crippen LogP contribution >= 0.6 is 11.6 Å². The van der Waals surface area contributed by atoms with Gasteiger partial charge in [-0.3, -0.25) is 10.1 Å². The molecule has 142 valence electrons. The lowest BCUT2D eigenvalue weighted by molar-refractivity contribution is -0.123. The van der Waals surface area contributed by atoms with Gasteiger partial charge >= 0.3 is 12.0 Å². The first-order valence-electron chi connectivity index (χ1n) is 8.17. The Morgan fingerprint density at radius 3 is 2.48 bits per heavy atom. The fourth-order valence-electron chi connectivity index (χ4n) is 2.44. The van der Waals surface area contributed by atoms with E-state index in [0.717, 1.165) is 11.1 Å². The highest BCUT2D eigenvalue weighted by molar-refractivity contribution is 6.32. The number of hydrogen-bond donors (Lipinski definition) is 2. The van der Waals surface area contributed by atoms with Crippen LogP contribution in [0.5, 0.6) is 0 Å². The number of rotatable bonds is 4. The van der Waals surface area contributed by atoms with Crippen LogP contribution in [-0.2, 0) is 9.53 Å². The SMILES string of the molecule is Cc1cc(C)c(C(=O)OCC(=O)NC(=O)Nc2cccc(C)c2C)c(Cl)n1. The zero-order valence-corrected chi connectivity index (χ0v) is 16.2. The molecule has 1 aromatic carbocycles. The standard InChI is InChI=1S/C19H20ClN3O4/c1-10-6-5-7-14(13(10)4)22-19(26)23-15(24)9-27-18(25)16-11(2)8-12(3)21-17(16)20/h5-8H,9H2,1-4H3,(H2,22,23,24,26). The van der Waals surface area contributed by atoms with Crippen LogP contribution in [0.25, 0.3) is 0 Å². The van der Waals surface area contributed by atoms with Gasteiger partial charge in [-0.25, -0.2) is 14.6 Å². The van der Waals surface area contributed by atoms with Crippen LogP contribution in [-0.4, -0.2) is 29.5 Å². The Kier molecular flexibility index (Phi) is 6.52. The van der Waals surface area contributed by atoms with Crippen molar-refractivity contribution in [2.75, 3.05) is 11.9 Å². The van der Waals surface area contributed by atoms with Crippen LogP contribution in [0.4, 0.5) is 10.5 Å². The molecule has 8 heteroatoms. The van der Waals surface area contributed by atoms with Crippen LogP contribution in [0.3, 0.4) is 0 Å². The summed E-state index contributed by atoms with van der Waals surface area (Å²) in [5.74, 6) is -1.55. The van der Waals surface area contributed by atoms with Crippen molar-refractivity contribution in [1.82, 2.24) is 10.3 Å². The molecule has 1 heterocycles. The van der Waals surface area contributed by atoms with Gasteiger partial charge < -0.3 is 10.1 Å². The van der Waals surface area contributed by atoms with Crippen LogP contribution in [0.2, 0.25) is 5.15 Å². The van der Waals surface area contributed by atoms with E-state index in [4.69, 9.17) is 16.3 Å². The lowest BCUT2D eigenvalue weighted by Crippen LogP contribution is -2.37. The minimum absolute atomic E-state index is 0.00516. The molecule has 2 N–H and O–H groups in total. The van der Waals surface area contributed by atoms with E-state index < -0.39 is 24.5 Å². The summed E-state index contributed by atoms with van der Waals surface area (Å²) in [5, 5.41) is 4.69. The normalized spacial score (nSPS) is 10.3. The Balaban J connectivity index is 1.91. The average molecular weight is 390 g/mol. The molecule has 0 saturated heterocycles. The van der Waals surface area contributed by atoms with Gasteiger partial charge in [0.1, 0.15) is 5.15 Å². The molecule has 2 aromatic rings. The number of halogens is 1. The first kappa shape index (κ1) is 20.4. The average Bonchev–Trinajstić information content (AvgIpc) is 2.56. The van der Waals surface area contributed by atoms with E-state index in [1.807, 2.05) is 19.9 Å². The Morgan fingerprint density at radius 2 is 1.81 bits per heavy atom. The molecule has 0 fully saturated rings. The molecule has 0 aliphatic heterocycles. The van der Waals surface area contributed by atoms with Crippen molar-refractivity contribution in [2.24, 2.45) is 0 Å². The van der Waals surface area contributed by atoms with Gasteiger partial charge in [0.2, 0.25) is 0 Å². The molecule has 3 amide bonds. The number of anilines is 1.